The quantitative estimate of drug-likeness (QED) is 0.735. The molecular formula is C23H24N2O2. The largest absolute Gasteiger partial charge is 0.390 e. The van der Waals surface area contributed by atoms with Crippen LogP contribution in [0.1, 0.15) is 21.5 Å². The third-order valence-electron chi connectivity index (χ3n) is 5.21. The molecule has 2 N–H and O–H groups in total. The third-order valence-corrected chi connectivity index (χ3v) is 5.21. The Morgan fingerprint density at radius 3 is 2.63 bits per heavy atom. The van der Waals surface area contributed by atoms with Crippen molar-refractivity contribution in [1.82, 2.24) is 10.2 Å². The van der Waals surface area contributed by atoms with Crippen molar-refractivity contribution in [2.45, 2.75) is 19.1 Å². The molecule has 0 unspecified atom stereocenters. The van der Waals surface area contributed by atoms with E-state index >= 15 is 0 Å². The molecule has 1 heterocycles. The Morgan fingerprint density at radius 2 is 1.74 bits per heavy atom. The highest BCUT2D eigenvalue weighted by Crippen LogP contribution is 2.19. The second-order valence-corrected chi connectivity index (χ2v) is 7.14. The first kappa shape index (κ1) is 17.7. The van der Waals surface area contributed by atoms with Crippen LogP contribution >= 0.6 is 0 Å². The highest BCUT2D eigenvalue weighted by molar-refractivity contribution is 6.06. The summed E-state index contributed by atoms with van der Waals surface area (Å²) < 4.78 is 0. The number of β-amino-alcohol motifs (C(OH)–C–C–N with tert-alkyl or cyclic N) is 1. The topological polar surface area (TPSA) is 52.6 Å². The van der Waals surface area contributed by atoms with Crippen molar-refractivity contribution in [3.63, 3.8) is 0 Å². The van der Waals surface area contributed by atoms with Gasteiger partial charge in [0, 0.05) is 31.7 Å². The Labute approximate surface area is 159 Å². The molecule has 4 rings (SSSR count). The number of nitrogens with zero attached hydrogens (tertiary/aromatic N) is 1. The summed E-state index contributed by atoms with van der Waals surface area (Å²) in [5.41, 5.74) is 3.37. The summed E-state index contributed by atoms with van der Waals surface area (Å²) in [5, 5.41) is 15.3. The maximum absolute atomic E-state index is 12.6. The van der Waals surface area contributed by atoms with Crippen LogP contribution in [-0.2, 0) is 13.0 Å². The highest BCUT2D eigenvalue weighted by atomic mass is 16.3. The van der Waals surface area contributed by atoms with Crippen molar-refractivity contribution in [3.8, 4) is 0 Å². The zero-order valence-electron chi connectivity index (χ0n) is 15.3. The molecule has 0 fully saturated rings. The normalized spacial score (nSPS) is 15.3. The molecule has 0 aliphatic carbocycles. The van der Waals surface area contributed by atoms with Crippen LogP contribution in [0.2, 0.25) is 0 Å². The fourth-order valence-electron chi connectivity index (χ4n) is 3.80. The molecular weight excluding hydrogens is 336 g/mol. The van der Waals surface area contributed by atoms with Gasteiger partial charge in [-0.25, -0.2) is 0 Å². The summed E-state index contributed by atoms with van der Waals surface area (Å²) >= 11 is 0. The molecule has 1 atom stereocenters. The van der Waals surface area contributed by atoms with E-state index in [0.717, 1.165) is 30.3 Å². The summed E-state index contributed by atoms with van der Waals surface area (Å²) in [6.07, 6.45) is 0.417. The van der Waals surface area contributed by atoms with Gasteiger partial charge in [0.15, 0.2) is 0 Å². The maximum Gasteiger partial charge on any atom is 0.252 e. The Hall–Kier alpha value is -2.69. The lowest BCUT2D eigenvalue weighted by atomic mass is 10.00. The second kappa shape index (κ2) is 7.91. The summed E-state index contributed by atoms with van der Waals surface area (Å²) in [5.74, 6) is -0.144. The van der Waals surface area contributed by atoms with E-state index in [9.17, 15) is 9.90 Å². The maximum atomic E-state index is 12.6. The van der Waals surface area contributed by atoms with Crippen LogP contribution in [0.15, 0.2) is 66.7 Å². The molecule has 0 aromatic heterocycles. The lowest BCUT2D eigenvalue weighted by molar-refractivity contribution is 0.0843. The fraction of sp³-hybridized carbons (Fsp3) is 0.261. The smallest absolute Gasteiger partial charge is 0.252 e. The van der Waals surface area contributed by atoms with Crippen molar-refractivity contribution in [2.24, 2.45) is 0 Å². The predicted octanol–water partition coefficient (Wildman–Crippen LogP) is 2.99. The number of benzene rings is 3. The van der Waals surface area contributed by atoms with E-state index in [-0.39, 0.29) is 12.5 Å². The third kappa shape index (κ3) is 4.02. The van der Waals surface area contributed by atoms with Crippen LogP contribution in [0.3, 0.4) is 0 Å². The molecule has 138 valence electrons. The number of aliphatic hydroxyl groups excluding tert-OH is 1. The summed E-state index contributed by atoms with van der Waals surface area (Å²) in [4.78, 5) is 14.8. The number of aliphatic hydroxyl groups is 1. The number of hydrogen-bond acceptors (Lipinski definition) is 3. The van der Waals surface area contributed by atoms with Crippen LogP contribution < -0.4 is 5.32 Å². The van der Waals surface area contributed by atoms with Crippen molar-refractivity contribution in [3.05, 3.63) is 83.4 Å². The van der Waals surface area contributed by atoms with E-state index in [1.165, 1.54) is 11.1 Å². The van der Waals surface area contributed by atoms with E-state index in [4.69, 9.17) is 0 Å². The van der Waals surface area contributed by atoms with E-state index < -0.39 is 6.10 Å². The first-order valence-corrected chi connectivity index (χ1v) is 9.44. The fourth-order valence-corrected chi connectivity index (χ4v) is 3.80. The van der Waals surface area contributed by atoms with E-state index in [1.807, 2.05) is 42.5 Å². The zero-order chi connectivity index (χ0) is 18.6. The molecule has 0 bridgehead atoms. The van der Waals surface area contributed by atoms with Crippen LogP contribution in [-0.4, -0.2) is 41.7 Å². The zero-order valence-corrected chi connectivity index (χ0v) is 15.3. The van der Waals surface area contributed by atoms with Gasteiger partial charge in [-0.1, -0.05) is 60.7 Å². The van der Waals surface area contributed by atoms with Gasteiger partial charge in [0.25, 0.3) is 5.91 Å². The van der Waals surface area contributed by atoms with E-state index in [1.54, 1.807) is 0 Å². The average Bonchev–Trinajstić information content (AvgIpc) is 2.71. The number of amides is 1. The molecule has 27 heavy (non-hydrogen) atoms. The molecule has 0 saturated carbocycles. The first-order chi connectivity index (χ1) is 13.2. The average molecular weight is 360 g/mol. The SMILES string of the molecule is O=C(NC[C@H](O)CN1CCc2ccccc2C1)c1cccc2ccccc12. The molecule has 1 amide bonds. The van der Waals surface area contributed by atoms with Gasteiger partial charge in [-0.3, -0.25) is 9.69 Å². The number of rotatable bonds is 5. The molecule has 3 aromatic carbocycles. The Morgan fingerprint density at radius 1 is 1.00 bits per heavy atom. The first-order valence-electron chi connectivity index (χ1n) is 9.44. The van der Waals surface area contributed by atoms with Gasteiger partial charge in [0.1, 0.15) is 0 Å². The van der Waals surface area contributed by atoms with Crippen LogP contribution in [0.4, 0.5) is 0 Å². The number of hydrogen-bond donors (Lipinski definition) is 2. The summed E-state index contributed by atoms with van der Waals surface area (Å²) in [7, 11) is 0. The summed E-state index contributed by atoms with van der Waals surface area (Å²) in [6, 6.07) is 22.0. The lowest BCUT2D eigenvalue weighted by Gasteiger charge is -2.30. The molecule has 4 nitrogen and oxygen atoms in total. The molecule has 1 aliphatic heterocycles. The van der Waals surface area contributed by atoms with Gasteiger partial charge in [-0.2, -0.15) is 0 Å². The predicted molar refractivity (Wildman–Crippen MR) is 108 cm³/mol. The van der Waals surface area contributed by atoms with Gasteiger partial charge in [-0.15, -0.1) is 0 Å². The van der Waals surface area contributed by atoms with Crippen LogP contribution in [0, 0.1) is 0 Å². The van der Waals surface area contributed by atoms with Gasteiger partial charge < -0.3 is 10.4 Å². The van der Waals surface area contributed by atoms with Crippen molar-refractivity contribution in [1.29, 1.82) is 0 Å². The minimum absolute atomic E-state index is 0.144. The van der Waals surface area contributed by atoms with Crippen molar-refractivity contribution in [2.75, 3.05) is 19.6 Å². The Kier molecular flexibility index (Phi) is 5.19. The Balaban J connectivity index is 1.34. The Bertz CT molecular complexity index is 949. The number of carbonyl (C=O) groups is 1. The molecule has 4 heteroatoms. The van der Waals surface area contributed by atoms with Gasteiger partial charge in [0.2, 0.25) is 0 Å². The van der Waals surface area contributed by atoms with E-state index in [2.05, 4.69) is 34.5 Å². The number of fused-ring (bicyclic) bond motifs is 2. The molecule has 1 aliphatic rings. The standard InChI is InChI=1S/C23H24N2O2/c26-20(16-25-13-12-17-6-1-2-8-19(17)15-25)14-24-23(27)22-11-5-9-18-7-3-4-10-21(18)22/h1-11,20,26H,12-16H2,(H,24,27)/t20-/m0/s1. The second-order valence-electron chi connectivity index (χ2n) is 7.14. The van der Waals surface area contributed by atoms with Crippen LogP contribution in [0.25, 0.3) is 10.8 Å². The summed E-state index contributed by atoms with van der Waals surface area (Å²) in [6.45, 7) is 2.60. The minimum Gasteiger partial charge on any atom is -0.390 e. The lowest BCUT2D eigenvalue weighted by Crippen LogP contribution is -2.42. The molecule has 0 radical (unpaired) electrons. The minimum atomic E-state index is -0.589. The van der Waals surface area contributed by atoms with Gasteiger partial charge in [-0.05, 0) is 34.4 Å². The van der Waals surface area contributed by atoms with Crippen LogP contribution in [0.5, 0.6) is 0 Å². The van der Waals surface area contributed by atoms with Gasteiger partial charge in [0.05, 0.1) is 6.10 Å². The van der Waals surface area contributed by atoms with Gasteiger partial charge >= 0.3 is 0 Å². The van der Waals surface area contributed by atoms with Crippen molar-refractivity contribution < 1.29 is 9.90 Å². The molecule has 0 spiro atoms. The number of carbonyl (C=O) groups excluding carboxylic acids is 1. The monoisotopic (exact) mass is 360 g/mol. The highest BCUT2D eigenvalue weighted by Gasteiger charge is 2.19. The molecule has 3 aromatic rings. The molecule has 0 saturated heterocycles. The van der Waals surface area contributed by atoms with Crippen molar-refractivity contribution >= 4 is 16.7 Å². The number of nitrogens with one attached hydrogen (secondary N) is 1. The van der Waals surface area contributed by atoms with E-state index in [0.29, 0.717) is 12.1 Å².